The molecule has 0 amide bonds. The molecule has 2 unspecified atom stereocenters. The zero-order valence-electron chi connectivity index (χ0n) is 20.6. The lowest BCUT2D eigenvalue weighted by Gasteiger charge is -2.10. The van der Waals surface area contributed by atoms with Crippen molar-refractivity contribution in [1.82, 2.24) is 0 Å². The number of esters is 2. The van der Waals surface area contributed by atoms with E-state index in [-0.39, 0.29) is 31.6 Å². The van der Waals surface area contributed by atoms with Crippen LogP contribution in [0.5, 0.6) is 0 Å². The molecule has 0 spiro atoms. The Bertz CT molecular complexity index is 517. The monoisotopic (exact) mass is 501 g/mol. The molecule has 12 heteroatoms. The molecule has 11 nitrogen and oxygen atoms in total. The first-order valence-electron chi connectivity index (χ1n) is 10.5. The van der Waals surface area contributed by atoms with Crippen molar-refractivity contribution >= 4 is 34.6 Å². The minimum absolute atomic E-state index is 0.00811. The minimum Gasteiger partial charge on any atom is -0.460 e. The van der Waals surface area contributed by atoms with Gasteiger partial charge in [0.05, 0.1) is 46.2 Å². The molecule has 0 saturated carbocycles. The zero-order chi connectivity index (χ0) is 26.1. The van der Waals surface area contributed by atoms with Crippen molar-refractivity contribution in [2.24, 2.45) is 11.7 Å². The van der Waals surface area contributed by atoms with E-state index in [1.54, 1.807) is 28.1 Å². The van der Waals surface area contributed by atoms with Crippen LogP contribution in [0.25, 0.3) is 0 Å². The van der Waals surface area contributed by atoms with Crippen molar-refractivity contribution in [2.75, 3.05) is 67.1 Å². The normalized spacial score (nSPS) is 11.6. The molecule has 33 heavy (non-hydrogen) atoms. The third-order valence-corrected chi connectivity index (χ3v) is 3.27. The zero-order valence-corrected chi connectivity index (χ0v) is 21.3. The highest BCUT2D eigenvalue weighted by Crippen LogP contribution is 2.04. The maximum absolute atomic E-state index is 11.3. The molecule has 0 aromatic heterocycles. The third kappa shape index (κ3) is 30.4. The maximum atomic E-state index is 11.3. The van der Waals surface area contributed by atoms with Crippen molar-refractivity contribution < 1.29 is 47.6 Å². The summed E-state index contributed by atoms with van der Waals surface area (Å²) in [4.78, 5) is 42.2. The molecule has 0 fully saturated rings. The molecule has 0 saturated heterocycles. The van der Waals surface area contributed by atoms with Crippen LogP contribution in [0.3, 0.4) is 0 Å². The fourth-order valence-electron chi connectivity index (χ4n) is 1.70. The molecular formula is C21H40ClNO10. The lowest BCUT2D eigenvalue weighted by Crippen LogP contribution is -2.22. The predicted molar refractivity (Wildman–Crippen MR) is 122 cm³/mol. The van der Waals surface area contributed by atoms with Gasteiger partial charge in [0.1, 0.15) is 0 Å². The molecule has 0 aromatic rings. The quantitative estimate of drug-likeness (QED) is 0.140. The largest absolute Gasteiger partial charge is 0.460 e. The summed E-state index contributed by atoms with van der Waals surface area (Å²) >= 11 is 4.69. The molecule has 0 aromatic carbocycles. The van der Waals surface area contributed by atoms with Gasteiger partial charge in [-0.05, 0) is 38.3 Å². The molecular weight excluding hydrogens is 462 g/mol. The summed E-state index contributed by atoms with van der Waals surface area (Å²) in [7, 11) is 3.24. The van der Waals surface area contributed by atoms with Gasteiger partial charge in [-0.3, -0.25) is 9.59 Å². The Morgan fingerprint density at radius 2 is 1.24 bits per heavy atom. The first-order valence-corrected chi connectivity index (χ1v) is 10.9. The highest BCUT2D eigenvalue weighted by atomic mass is 35.5. The molecule has 0 radical (unpaired) electrons. The first kappa shape index (κ1) is 35.9. The van der Waals surface area contributed by atoms with Gasteiger partial charge in [0, 0.05) is 33.3 Å². The second-order valence-corrected chi connectivity index (χ2v) is 6.90. The number of ketones is 1. The smallest absolute Gasteiger partial charge is 0.391 e. The molecule has 0 heterocycles. The van der Waals surface area contributed by atoms with Crippen LogP contribution in [-0.2, 0) is 47.6 Å². The average Bonchev–Trinajstić information content (AvgIpc) is 2.75. The highest BCUT2D eigenvalue weighted by Gasteiger charge is 2.18. The van der Waals surface area contributed by atoms with E-state index in [1.807, 2.05) is 13.8 Å². The van der Waals surface area contributed by atoms with Crippen LogP contribution < -0.4 is 5.73 Å². The van der Waals surface area contributed by atoms with Gasteiger partial charge in [0.25, 0.3) is 0 Å². The summed E-state index contributed by atoms with van der Waals surface area (Å²) < 4.78 is 28.7. The maximum Gasteiger partial charge on any atom is 0.391 e. The van der Waals surface area contributed by atoms with E-state index >= 15 is 0 Å². The van der Waals surface area contributed by atoms with E-state index in [0.717, 1.165) is 0 Å². The molecule has 0 aliphatic heterocycles. The van der Waals surface area contributed by atoms with Crippen LogP contribution in [0.2, 0.25) is 0 Å². The molecule has 2 N–H and O–H groups in total. The Morgan fingerprint density at radius 1 is 0.788 bits per heavy atom. The predicted octanol–water partition coefficient (Wildman–Crippen LogP) is 1.12. The third-order valence-electron chi connectivity index (χ3n) is 3.12. The van der Waals surface area contributed by atoms with Crippen LogP contribution in [0.4, 0.5) is 0 Å². The Morgan fingerprint density at radius 3 is 1.61 bits per heavy atom. The van der Waals surface area contributed by atoms with Gasteiger partial charge in [-0.1, -0.05) is 6.92 Å². The number of carbonyl (C=O) groups excluding carboxylic acids is 4. The van der Waals surface area contributed by atoms with E-state index in [1.165, 1.54) is 0 Å². The number of Topliss-reactive ketones (excluding diaryl/α,β-unsaturated/α-hetero) is 1. The van der Waals surface area contributed by atoms with Gasteiger partial charge < -0.3 is 34.2 Å². The topological polar surface area (TPSA) is 150 Å². The molecule has 196 valence electrons. The fraction of sp³-hybridized carbons (Fsp3) is 0.810. The van der Waals surface area contributed by atoms with Crippen molar-refractivity contribution in [3.05, 3.63) is 0 Å². The van der Waals surface area contributed by atoms with Gasteiger partial charge in [-0.2, -0.15) is 0 Å². The van der Waals surface area contributed by atoms with Crippen LogP contribution in [-0.4, -0.2) is 96.1 Å². The van der Waals surface area contributed by atoms with Gasteiger partial charge in [0.2, 0.25) is 5.78 Å². The minimum atomic E-state index is -1.08. The molecule has 0 rings (SSSR count). The van der Waals surface area contributed by atoms with Crippen molar-refractivity contribution in [1.29, 1.82) is 0 Å². The summed E-state index contributed by atoms with van der Waals surface area (Å²) in [5.41, 5.74) is 5.41. The lowest BCUT2D eigenvalue weighted by atomic mass is 10.1. The number of hydrogen-bond acceptors (Lipinski definition) is 11. The number of hydrogen-bond donors (Lipinski definition) is 1. The van der Waals surface area contributed by atoms with E-state index in [9.17, 15) is 19.2 Å². The van der Waals surface area contributed by atoms with Crippen LogP contribution >= 0.6 is 11.6 Å². The second kappa shape index (κ2) is 26.6. The Labute approximate surface area is 201 Å². The second-order valence-electron chi connectivity index (χ2n) is 6.56. The highest BCUT2D eigenvalue weighted by molar-refractivity contribution is 6.80. The summed E-state index contributed by atoms with van der Waals surface area (Å²) in [5, 5.41) is -1.08. The van der Waals surface area contributed by atoms with Crippen molar-refractivity contribution in [2.45, 2.75) is 40.2 Å². The van der Waals surface area contributed by atoms with Crippen molar-refractivity contribution in [3.8, 4) is 0 Å². The van der Waals surface area contributed by atoms with Crippen LogP contribution in [0.15, 0.2) is 0 Å². The summed E-state index contributed by atoms with van der Waals surface area (Å²) in [6.45, 7) is 10.8. The molecule has 0 aliphatic carbocycles. The fourth-order valence-corrected chi connectivity index (χ4v) is 1.75. The van der Waals surface area contributed by atoms with E-state index in [2.05, 4.69) is 9.47 Å². The van der Waals surface area contributed by atoms with E-state index < -0.39 is 23.0 Å². The van der Waals surface area contributed by atoms with Crippen LogP contribution in [0.1, 0.15) is 34.1 Å². The van der Waals surface area contributed by atoms with E-state index in [4.69, 9.17) is 36.3 Å². The van der Waals surface area contributed by atoms with Gasteiger partial charge >= 0.3 is 17.2 Å². The number of methoxy groups -OCH3 is 2. The number of nitrogens with two attached hydrogens (primary N) is 1. The number of halogens is 1. The summed E-state index contributed by atoms with van der Waals surface area (Å²) in [6, 6.07) is 0.127. The number of rotatable bonds is 16. The SMILES string of the molecule is CCOC(=O)C(=O)CC(C)COCCOC.CCOC(=O)C(=O)Cl.COCCOCC(C)N. The average molecular weight is 502 g/mol. The van der Waals surface area contributed by atoms with Crippen LogP contribution in [0, 0.1) is 5.92 Å². The standard InChI is InChI=1S/C11H20O5.C6H15NO2.C4H5ClO3/c1-4-16-11(13)10(12)7-9(2)8-15-6-5-14-3;1-6(7)5-9-4-3-8-2;1-2-8-4(7)3(5)6/h9H,4-8H2,1-3H3;6H,3-5,7H2,1-2H3;2H2,1H3. The first-order chi connectivity index (χ1) is 15.6. The van der Waals surface area contributed by atoms with Gasteiger partial charge in [-0.15, -0.1) is 0 Å². The summed E-state index contributed by atoms with van der Waals surface area (Å²) in [6.07, 6.45) is 0.159. The molecule has 0 bridgehead atoms. The number of ether oxygens (including phenoxy) is 6. The van der Waals surface area contributed by atoms with E-state index in [0.29, 0.717) is 39.6 Å². The Balaban J connectivity index is -0.000000449. The Kier molecular flexibility index (Phi) is 29.0. The Hall–Kier alpha value is -1.63. The molecule has 2 atom stereocenters. The van der Waals surface area contributed by atoms with Gasteiger partial charge in [0.15, 0.2) is 0 Å². The number of carbonyl (C=O) groups is 4. The van der Waals surface area contributed by atoms with Gasteiger partial charge in [-0.25, -0.2) is 9.59 Å². The lowest BCUT2D eigenvalue weighted by molar-refractivity contribution is -0.154. The summed E-state index contributed by atoms with van der Waals surface area (Å²) in [5.74, 6) is -2.24. The molecule has 0 aliphatic rings. The van der Waals surface area contributed by atoms with Crippen molar-refractivity contribution in [3.63, 3.8) is 0 Å².